The van der Waals surface area contributed by atoms with Crippen LogP contribution in [0.25, 0.3) is 6.08 Å². The van der Waals surface area contributed by atoms with Crippen LogP contribution >= 0.6 is 0 Å². The molecule has 0 aromatic heterocycles. The van der Waals surface area contributed by atoms with Gasteiger partial charge in [-0.05, 0) is 67.8 Å². The molecule has 3 fully saturated rings. The summed E-state index contributed by atoms with van der Waals surface area (Å²) < 4.78 is 18.2. The number of hydrogen-bond acceptors (Lipinski definition) is 6. The average Bonchev–Trinajstić information content (AvgIpc) is 3.58. The molecular weight excluding hydrogens is 504 g/mol. The lowest BCUT2D eigenvalue weighted by molar-refractivity contribution is -0.142. The van der Waals surface area contributed by atoms with Gasteiger partial charge >= 0.3 is 5.97 Å². The molecule has 2 aromatic carbocycles. The fraction of sp³-hybridized carbons (Fsp3) is 0.515. The van der Waals surface area contributed by atoms with Gasteiger partial charge in [-0.25, -0.2) is 0 Å². The highest BCUT2D eigenvalue weighted by molar-refractivity contribution is 5.92. The number of hydrogen-bond donors (Lipinski definition) is 0. The van der Waals surface area contributed by atoms with Gasteiger partial charge in [-0.3, -0.25) is 14.5 Å². The van der Waals surface area contributed by atoms with Crippen molar-refractivity contribution >= 4 is 18.0 Å². The Morgan fingerprint density at radius 3 is 2.77 bits per heavy atom. The van der Waals surface area contributed by atoms with Gasteiger partial charge in [0.25, 0.3) is 0 Å². The van der Waals surface area contributed by atoms with Gasteiger partial charge in [0.15, 0.2) is 11.5 Å². The molecule has 0 N–H and O–H groups in total. The molecule has 2 heterocycles. The number of carbonyl (C=O) groups excluding carboxylic acids is 2. The monoisotopic (exact) mass is 542 g/mol. The second-order valence-corrected chi connectivity index (χ2v) is 12.3. The van der Waals surface area contributed by atoms with E-state index in [0.29, 0.717) is 17.9 Å². The van der Waals surface area contributed by atoms with E-state index < -0.39 is 0 Å². The minimum atomic E-state index is -0.181. The minimum absolute atomic E-state index is 0.00508. The Balaban J connectivity index is 1.19. The van der Waals surface area contributed by atoms with E-state index in [1.165, 1.54) is 18.1 Å². The van der Waals surface area contributed by atoms with Crippen LogP contribution in [-0.2, 0) is 26.2 Å². The second-order valence-electron chi connectivity index (χ2n) is 12.3. The fourth-order valence-corrected chi connectivity index (χ4v) is 8.46. The summed E-state index contributed by atoms with van der Waals surface area (Å²) in [5, 5.41) is 0. The molecule has 1 amide bonds. The maximum absolute atomic E-state index is 13.4. The minimum Gasteiger partial charge on any atom is -0.493 e. The van der Waals surface area contributed by atoms with Gasteiger partial charge in [0.1, 0.15) is 12.2 Å². The highest BCUT2D eigenvalue weighted by Crippen LogP contribution is 2.64. The number of piperidine rings is 1. The van der Waals surface area contributed by atoms with Crippen LogP contribution in [0.5, 0.6) is 11.5 Å². The fourth-order valence-electron chi connectivity index (χ4n) is 8.46. The van der Waals surface area contributed by atoms with Crippen molar-refractivity contribution in [3.05, 3.63) is 65.2 Å². The number of ether oxygens (including phenoxy) is 3. The number of likely N-dealkylation sites (N-methyl/N-ethyl adjacent to an activating group) is 1. The number of nitrogens with zero attached hydrogens (tertiary/aromatic N) is 2. The van der Waals surface area contributed by atoms with Crippen LogP contribution in [0, 0.1) is 11.8 Å². The van der Waals surface area contributed by atoms with E-state index >= 15 is 0 Å². The maximum Gasteiger partial charge on any atom is 0.302 e. The zero-order valence-corrected chi connectivity index (χ0v) is 23.5. The van der Waals surface area contributed by atoms with Gasteiger partial charge in [-0.1, -0.05) is 36.4 Å². The smallest absolute Gasteiger partial charge is 0.302 e. The van der Waals surface area contributed by atoms with E-state index in [2.05, 4.69) is 11.0 Å². The largest absolute Gasteiger partial charge is 0.493 e. The molecule has 2 aromatic rings. The molecule has 7 rings (SSSR count). The van der Waals surface area contributed by atoms with Crippen molar-refractivity contribution in [1.82, 2.24) is 9.80 Å². The predicted molar refractivity (Wildman–Crippen MR) is 151 cm³/mol. The van der Waals surface area contributed by atoms with Crippen molar-refractivity contribution in [2.45, 2.75) is 68.7 Å². The third-order valence-electron chi connectivity index (χ3n) is 10.3. The van der Waals surface area contributed by atoms with Gasteiger partial charge in [0.05, 0.1) is 13.2 Å². The standard InChI is InChI=1S/C33H38N2O5/c1-20(36)39-28-18-23(28)19-35-16-15-33-24-11-12-25(34(2)29(37)14-9-21-7-5-4-6-8-21)32(33)40-31-27(38-3)13-10-22(30(31)33)17-26(24)35/h4-10,13-14,23-26,28,32H,11-12,15-19H2,1-3H3/t23?,24-,25+,26+,28?,32-,33-/m0/s1. The molecule has 5 aliphatic rings. The summed E-state index contributed by atoms with van der Waals surface area (Å²) in [5.74, 6) is 2.40. The predicted octanol–water partition coefficient (Wildman–Crippen LogP) is 4.23. The summed E-state index contributed by atoms with van der Waals surface area (Å²) in [6.45, 7) is 3.46. The van der Waals surface area contributed by atoms with Crippen LogP contribution in [-0.4, -0.2) is 73.2 Å². The van der Waals surface area contributed by atoms with Crippen molar-refractivity contribution in [2.24, 2.45) is 11.8 Å². The molecule has 1 saturated heterocycles. The first-order valence-corrected chi connectivity index (χ1v) is 14.7. The first-order valence-electron chi connectivity index (χ1n) is 14.7. The van der Waals surface area contributed by atoms with Crippen molar-refractivity contribution in [2.75, 3.05) is 27.2 Å². The quantitative estimate of drug-likeness (QED) is 0.386. The number of carbonyl (C=O) groups is 2. The molecule has 0 radical (unpaired) electrons. The van der Waals surface area contributed by atoms with E-state index in [-0.39, 0.29) is 35.5 Å². The maximum atomic E-state index is 13.4. The molecule has 2 unspecified atom stereocenters. The van der Waals surface area contributed by atoms with Gasteiger partial charge in [-0.2, -0.15) is 0 Å². The Bertz CT molecular complexity index is 1360. The van der Waals surface area contributed by atoms with E-state index in [4.69, 9.17) is 14.2 Å². The topological polar surface area (TPSA) is 68.3 Å². The molecule has 2 aliphatic heterocycles. The number of esters is 1. The number of amides is 1. The van der Waals surface area contributed by atoms with Crippen molar-refractivity contribution < 1.29 is 23.8 Å². The van der Waals surface area contributed by atoms with Gasteiger partial charge in [0, 0.05) is 49.5 Å². The summed E-state index contributed by atoms with van der Waals surface area (Å²) in [7, 11) is 3.64. The zero-order chi connectivity index (χ0) is 27.6. The first kappa shape index (κ1) is 25.6. The van der Waals surface area contributed by atoms with Crippen molar-refractivity contribution in [3.63, 3.8) is 0 Å². The zero-order valence-electron chi connectivity index (χ0n) is 23.5. The van der Waals surface area contributed by atoms with E-state index in [0.717, 1.165) is 62.3 Å². The Labute approximate surface area is 236 Å². The highest BCUT2D eigenvalue weighted by atomic mass is 16.5. The Kier molecular flexibility index (Phi) is 6.19. The summed E-state index contributed by atoms with van der Waals surface area (Å²) in [4.78, 5) is 29.5. The summed E-state index contributed by atoms with van der Waals surface area (Å²) in [5.41, 5.74) is 3.58. The van der Waals surface area contributed by atoms with Crippen molar-refractivity contribution in [1.29, 1.82) is 0 Å². The molecule has 3 aliphatic carbocycles. The number of likely N-dealkylation sites (tertiary alicyclic amines) is 1. The summed E-state index contributed by atoms with van der Waals surface area (Å²) in [6, 6.07) is 14.6. The van der Waals surface area contributed by atoms with E-state index in [1.54, 1.807) is 13.2 Å². The SMILES string of the molecule is COc1ccc2c3c1O[C@H]1[C@H](N(C)C(=O)C=Cc4ccccc4)CC[C@H]4[C@@H](C2)N(CC2CC2OC(C)=O)CC[C@@]341. The highest BCUT2D eigenvalue weighted by Gasteiger charge is 2.66. The number of methoxy groups -OCH3 is 1. The van der Waals surface area contributed by atoms with Crippen LogP contribution in [0.4, 0.5) is 0 Å². The van der Waals surface area contributed by atoms with Crippen LogP contribution in [0.2, 0.25) is 0 Å². The first-order chi connectivity index (χ1) is 19.4. The summed E-state index contributed by atoms with van der Waals surface area (Å²) in [6.07, 6.45) is 8.48. The Morgan fingerprint density at radius 2 is 2.00 bits per heavy atom. The average molecular weight is 543 g/mol. The van der Waals surface area contributed by atoms with Crippen LogP contribution < -0.4 is 9.47 Å². The molecule has 7 heteroatoms. The Morgan fingerprint density at radius 1 is 1.18 bits per heavy atom. The van der Waals surface area contributed by atoms with E-state index in [1.807, 2.05) is 54.4 Å². The Hall–Kier alpha value is -3.32. The van der Waals surface area contributed by atoms with Crippen molar-refractivity contribution in [3.8, 4) is 11.5 Å². The molecule has 2 bridgehead atoms. The van der Waals surface area contributed by atoms with E-state index in [9.17, 15) is 9.59 Å². The van der Waals surface area contributed by atoms with Crippen LogP contribution in [0.15, 0.2) is 48.5 Å². The molecule has 210 valence electrons. The number of rotatable bonds is 7. The van der Waals surface area contributed by atoms with Gasteiger partial charge in [0.2, 0.25) is 5.91 Å². The lowest BCUT2D eigenvalue weighted by Gasteiger charge is -2.60. The molecule has 7 atom stereocenters. The third-order valence-corrected chi connectivity index (χ3v) is 10.3. The third kappa shape index (κ3) is 3.96. The van der Waals surface area contributed by atoms with Crippen LogP contribution in [0.1, 0.15) is 49.3 Å². The molecular formula is C33H38N2O5. The summed E-state index contributed by atoms with van der Waals surface area (Å²) >= 11 is 0. The molecule has 1 spiro atoms. The van der Waals surface area contributed by atoms with Crippen LogP contribution in [0.3, 0.4) is 0 Å². The molecule has 7 nitrogen and oxygen atoms in total. The second kappa shape index (κ2) is 9.65. The van der Waals surface area contributed by atoms with Gasteiger partial charge in [-0.15, -0.1) is 0 Å². The number of benzene rings is 2. The lowest BCUT2D eigenvalue weighted by atomic mass is 9.51. The normalized spacial score (nSPS) is 33.2. The molecule has 2 saturated carbocycles. The lowest BCUT2D eigenvalue weighted by Crippen LogP contribution is -2.69. The molecule has 40 heavy (non-hydrogen) atoms. The van der Waals surface area contributed by atoms with Gasteiger partial charge < -0.3 is 19.1 Å².